The molecule has 2 aromatic heterocycles. The molecule has 0 aliphatic rings. The number of aromatic nitrogens is 2. The topological polar surface area (TPSA) is 65.2 Å². The number of oxazole rings is 1. The molecule has 2 aromatic rings. The second-order valence-corrected chi connectivity index (χ2v) is 3.80. The standard InChI is InChI=1S/C10H7BrN2O3/c1-15-10(14)9-8(13-5-16-9)7-3-2-6(11)4-12-7/h2-5H,1H3. The van der Waals surface area contributed by atoms with Crippen molar-refractivity contribution in [2.24, 2.45) is 0 Å². The fraction of sp³-hybridized carbons (Fsp3) is 0.100. The summed E-state index contributed by atoms with van der Waals surface area (Å²) in [6, 6.07) is 3.53. The Hall–Kier alpha value is -1.69. The first-order chi connectivity index (χ1) is 7.72. The van der Waals surface area contributed by atoms with Gasteiger partial charge in [0.05, 0.1) is 12.8 Å². The first-order valence-electron chi connectivity index (χ1n) is 4.36. The summed E-state index contributed by atoms with van der Waals surface area (Å²) in [5.74, 6) is -0.519. The zero-order valence-corrected chi connectivity index (χ0v) is 9.89. The molecule has 6 heteroatoms. The highest BCUT2D eigenvalue weighted by molar-refractivity contribution is 9.10. The highest BCUT2D eigenvalue weighted by Gasteiger charge is 2.19. The SMILES string of the molecule is COC(=O)c1ocnc1-c1ccc(Br)cn1. The number of halogens is 1. The van der Waals surface area contributed by atoms with Crippen molar-refractivity contribution >= 4 is 21.9 Å². The summed E-state index contributed by atoms with van der Waals surface area (Å²) in [5, 5.41) is 0. The quantitative estimate of drug-likeness (QED) is 0.791. The van der Waals surface area contributed by atoms with E-state index in [9.17, 15) is 4.79 Å². The normalized spacial score (nSPS) is 10.1. The first kappa shape index (κ1) is 10.8. The molecule has 5 nitrogen and oxygen atoms in total. The molecule has 0 saturated heterocycles. The molecule has 0 aliphatic heterocycles. The Morgan fingerprint density at radius 3 is 2.88 bits per heavy atom. The smallest absolute Gasteiger partial charge is 0.376 e. The molecule has 0 saturated carbocycles. The van der Waals surface area contributed by atoms with E-state index in [2.05, 4.69) is 30.6 Å². The van der Waals surface area contributed by atoms with Crippen molar-refractivity contribution < 1.29 is 13.9 Å². The van der Waals surface area contributed by atoms with Crippen LogP contribution in [-0.4, -0.2) is 23.0 Å². The van der Waals surface area contributed by atoms with E-state index in [1.807, 2.05) is 0 Å². The molecule has 82 valence electrons. The minimum absolute atomic E-state index is 0.0531. The van der Waals surface area contributed by atoms with Gasteiger partial charge in [0.2, 0.25) is 5.76 Å². The van der Waals surface area contributed by atoms with Gasteiger partial charge in [0.25, 0.3) is 0 Å². The van der Waals surface area contributed by atoms with Crippen molar-refractivity contribution in [3.8, 4) is 11.4 Å². The van der Waals surface area contributed by atoms with Gasteiger partial charge in [-0.15, -0.1) is 0 Å². The first-order valence-corrected chi connectivity index (χ1v) is 5.15. The second kappa shape index (κ2) is 4.44. The van der Waals surface area contributed by atoms with Crippen LogP contribution in [0.25, 0.3) is 11.4 Å². The fourth-order valence-corrected chi connectivity index (χ4v) is 1.42. The minimum Gasteiger partial charge on any atom is -0.463 e. The lowest BCUT2D eigenvalue weighted by molar-refractivity contribution is 0.0566. The number of ether oxygens (including phenoxy) is 1. The van der Waals surface area contributed by atoms with E-state index in [-0.39, 0.29) is 5.76 Å². The Morgan fingerprint density at radius 1 is 1.44 bits per heavy atom. The van der Waals surface area contributed by atoms with Gasteiger partial charge in [-0.25, -0.2) is 9.78 Å². The summed E-state index contributed by atoms with van der Waals surface area (Å²) in [7, 11) is 1.28. The van der Waals surface area contributed by atoms with Crippen LogP contribution < -0.4 is 0 Å². The maximum atomic E-state index is 11.3. The van der Waals surface area contributed by atoms with E-state index >= 15 is 0 Å². The Morgan fingerprint density at radius 2 is 2.25 bits per heavy atom. The molecular weight excluding hydrogens is 276 g/mol. The lowest BCUT2D eigenvalue weighted by Gasteiger charge is -1.98. The molecule has 2 rings (SSSR count). The van der Waals surface area contributed by atoms with Gasteiger partial charge in [-0.1, -0.05) is 0 Å². The van der Waals surface area contributed by atoms with Crippen LogP contribution >= 0.6 is 15.9 Å². The number of methoxy groups -OCH3 is 1. The summed E-state index contributed by atoms with van der Waals surface area (Å²) in [4.78, 5) is 19.4. The molecule has 0 bridgehead atoms. The average molecular weight is 283 g/mol. The van der Waals surface area contributed by atoms with Crippen molar-refractivity contribution in [1.29, 1.82) is 0 Å². The lowest BCUT2D eigenvalue weighted by atomic mass is 10.2. The molecule has 0 fully saturated rings. The molecule has 16 heavy (non-hydrogen) atoms. The molecule has 0 amide bonds. The Kier molecular flexibility index (Phi) is 3.00. The molecule has 0 N–H and O–H groups in total. The van der Waals surface area contributed by atoms with Crippen molar-refractivity contribution in [3.63, 3.8) is 0 Å². The maximum Gasteiger partial charge on any atom is 0.376 e. The minimum atomic E-state index is -0.572. The largest absolute Gasteiger partial charge is 0.463 e. The van der Waals surface area contributed by atoms with Crippen molar-refractivity contribution in [2.75, 3.05) is 7.11 Å². The van der Waals surface area contributed by atoms with Gasteiger partial charge in [-0.05, 0) is 28.1 Å². The monoisotopic (exact) mass is 282 g/mol. The summed E-state index contributed by atoms with van der Waals surface area (Å²) in [6.07, 6.45) is 2.80. The second-order valence-electron chi connectivity index (χ2n) is 2.88. The van der Waals surface area contributed by atoms with Gasteiger partial charge in [-0.3, -0.25) is 4.98 Å². The fourth-order valence-electron chi connectivity index (χ4n) is 1.18. The van der Waals surface area contributed by atoms with Gasteiger partial charge in [0, 0.05) is 10.7 Å². The third-order valence-electron chi connectivity index (χ3n) is 1.91. The van der Waals surface area contributed by atoms with Crippen LogP contribution in [0.5, 0.6) is 0 Å². The molecule has 0 aromatic carbocycles. The number of hydrogen-bond donors (Lipinski definition) is 0. The number of rotatable bonds is 2. The average Bonchev–Trinajstić information content (AvgIpc) is 2.78. The molecule has 0 spiro atoms. The third-order valence-corrected chi connectivity index (χ3v) is 2.38. The van der Waals surface area contributed by atoms with E-state index in [1.165, 1.54) is 13.5 Å². The summed E-state index contributed by atoms with van der Waals surface area (Å²) >= 11 is 3.27. The van der Waals surface area contributed by atoms with Crippen molar-refractivity contribution in [3.05, 3.63) is 35.0 Å². The van der Waals surface area contributed by atoms with E-state index < -0.39 is 5.97 Å². The molecule has 0 unspecified atom stereocenters. The van der Waals surface area contributed by atoms with Gasteiger partial charge in [0.15, 0.2) is 6.39 Å². The van der Waals surface area contributed by atoms with Crippen LogP contribution in [0, 0.1) is 0 Å². The molecule has 0 aliphatic carbocycles. The zero-order valence-electron chi connectivity index (χ0n) is 8.31. The van der Waals surface area contributed by atoms with E-state index in [4.69, 9.17) is 4.42 Å². The molecule has 0 atom stereocenters. The van der Waals surface area contributed by atoms with Crippen LogP contribution in [0.1, 0.15) is 10.6 Å². The Bertz CT molecular complexity index is 507. The number of hydrogen-bond acceptors (Lipinski definition) is 5. The summed E-state index contributed by atoms with van der Waals surface area (Å²) in [5.41, 5.74) is 0.928. The third kappa shape index (κ3) is 1.96. The molecule has 2 heterocycles. The van der Waals surface area contributed by atoms with Gasteiger partial charge < -0.3 is 9.15 Å². The number of nitrogens with zero attached hydrogens (tertiary/aromatic N) is 2. The van der Waals surface area contributed by atoms with Crippen LogP contribution in [0.15, 0.2) is 33.6 Å². The van der Waals surface area contributed by atoms with Gasteiger partial charge in [0.1, 0.15) is 5.69 Å². The highest BCUT2D eigenvalue weighted by Crippen LogP contribution is 2.21. The predicted octanol–water partition coefficient (Wildman–Crippen LogP) is 2.29. The maximum absolute atomic E-state index is 11.3. The number of pyridine rings is 1. The number of carbonyl (C=O) groups excluding carboxylic acids is 1. The Balaban J connectivity index is 2.44. The van der Waals surface area contributed by atoms with Crippen LogP contribution in [0.3, 0.4) is 0 Å². The van der Waals surface area contributed by atoms with E-state index in [0.717, 1.165) is 4.47 Å². The molecule has 0 radical (unpaired) electrons. The highest BCUT2D eigenvalue weighted by atomic mass is 79.9. The van der Waals surface area contributed by atoms with E-state index in [0.29, 0.717) is 11.4 Å². The Labute approximate surface area is 99.6 Å². The van der Waals surface area contributed by atoms with Crippen LogP contribution in [0.2, 0.25) is 0 Å². The van der Waals surface area contributed by atoms with Crippen molar-refractivity contribution in [2.45, 2.75) is 0 Å². The van der Waals surface area contributed by atoms with Crippen molar-refractivity contribution in [1.82, 2.24) is 9.97 Å². The van der Waals surface area contributed by atoms with Gasteiger partial charge in [-0.2, -0.15) is 0 Å². The zero-order chi connectivity index (χ0) is 11.5. The number of carbonyl (C=O) groups is 1. The van der Waals surface area contributed by atoms with Crippen LogP contribution in [-0.2, 0) is 4.74 Å². The molecular formula is C10H7BrN2O3. The number of esters is 1. The van der Waals surface area contributed by atoms with E-state index in [1.54, 1.807) is 18.3 Å². The lowest BCUT2D eigenvalue weighted by Crippen LogP contribution is -2.02. The van der Waals surface area contributed by atoms with Crippen LogP contribution in [0.4, 0.5) is 0 Å². The van der Waals surface area contributed by atoms with Gasteiger partial charge >= 0.3 is 5.97 Å². The summed E-state index contributed by atoms with van der Waals surface area (Å²) < 4.78 is 10.4. The summed E-state index contributed by atoms with van der Waals surface area (Å²) in [6.45, 7) is 0. The predicted molar refractivity (Wildman–Crippen MR) is 58.8 cm³/mol.